The first-order valence-electron chi connectivity index (χ1n) is 6.30. The number of aryl methyl sites for hydroxylation is 1. The number of aliphatic hydroxyl groups excluding tert-OH is 1. The summed E-state index contributed by atoms with van der Waals surface area (Å²) in [7, 11) is 0. The molecule has 1 aromatic rings. The molecule has 18 heavy (non-hydrogen) atoms. The highest BCUT2D eigenvalue weighted by Gasteiger charge is 2.18. The molecule has 1 unspecified atom stereocenters. The Bertz CT molecular complexity index is 368. The third kappa shape index (κ3) is 4.12. The molecule has 0 saturated heterocycles. The van der Waals surface area contributed by atoms with Gasteiger partial charge in [0.15, 0.2) is 0 Å². The molecule has 0 amide bonds. The molecule has 0 aromatic carbocycles. The van der Waals surface area contributed by atoms with Crippen LogP contribution in [0, 0.1) is 0 Å². The number of fused-ring (bicyclic) bond motifs is 1. The van der Waals surface area contributed by atoms with E-state index in [-0.39, 0.29) is 12.4 Å². The van der Waals surface area contributed by atoms with Crippen LogP contribution in [-0.4, -0.2) is 30.4 Å². The summed E-state index contributed by atoms with van der Waals surface area (Å²) in [6.45, 7) is 5.10. The van der Waals surface area contributed by atoms with Crippen LogP contribution in [-0.2, 0) is 12.8 Å². The van der Waals surface area contributed by atoms with Gasteiger partial charge in [-0.1, -0.05) is 13.8 Å². The highest BCUT2D eigenvalue weighted by atomic mass is 35.5. The van der Waals surface area contributed by atoms with Crippen molar-refractivity contribution < 1.29 is 9.84 Å². The number of nitrogens with one attached hydrogen (secondary N) is 1. The van der Waals surface area contributed by atoms with Gasteiger partial charge in [0.25, 0.3) is 0 Å². The molecule has 5 heteroatoms. The van der Waals surface area contributed by atoms with Crippen molar-refractivity contribution in [2.75, 3.05) is 13.2 Å². The van der Waals surface area contributed by atoms with Crippen molar-refractivity contribution in [1.29, 1.82) is 0 Å². The fraction of sp³-hybridized carbons (Fsp3) is 0.692. The third-order valence-corrected chi connectivity index (χ3v) is 4.03. The number of rotatable bonds is 6. The topological polar surface area (TPSA) is 41.5 Å². The molecule has 3 nitrogen and oxygen atoms in total. The fourth-order valence-electron chi connectivity index (χ4n) is 2.04. The summed E-state index contributed by atoms with van der Waals surface area (Å²) in [6, 6.07) is 0.398. The van der Waals surface area contributed by atoms with E-state index in [1.807, 2.05) is 0 Å². The molecule has 1 aromatic heterocycles. The minimum absolute atomic E-state index is 0. The number of hydrogen-bond donors (Lipinski definition) is 2. The smallest absolute Gasteiger partial charge is 0.133 e. The zero-order valence-corrected chi connectivity index (χ0v) is 12.6. The highest BCUT2D eigenvalue weighted by Crippen LogP contribution is 2.36. The molecule has 0 spiro atoms. The van der Waals surface area contributed by atoms with Gasteiger partial charge in [0.05, 0.1) is 0 Å². The quantitative estimate of drug-likeness (QED) is 0.846. The lowest BCUT2D eigenvalue weighted by atomic mass is 10.2. The molecule has 2 rings (SSSR count). The standard InChI is InChI=1S/C13H21NO2S.ClH/c1-9(2)14-6-10(15)7-16-12-8-17-13-5-3-4-11(12)13;/h8-10,14-15H,3-7H2,1-2H3;1H. The van der Waals surface area contributed by atoms with E-state index in [2.05, 4.69) is 24.5 Å². The van der Waals surface area contributed by atoms with Crippen molar-refractivity contribution in [2.24, 2.45) is 0 Å². The van der Waals surface area contributed by atoms with Crippen LogP contribution in [0.3, 0.4) is 0 Å². The van der Waals surface area contributed by atoms with Crippen LogP contribution < -0.4 is 10.1 Å². The summed E-state index contributed by atoms with van der Waals surface area (Å²) in [4.78, 5) is 1.47. The Morgan fingerprint density at radius 3 is 2.94 bits per heavy atom. The zero-order chi connectivity index (χ0) is 12.3. The average molecular weight is 292 g/mol. The lowest BCUT2D eigenvalue weighted by Gasteiger charge is -2.15. The minimum atomic E-state index is -0.436. The van der Waals surface area contributed by atoms with Gasteiger partial charge in [-0.05, 0) is 19.3 Å². The number of thiophene rings is 1. The first-order valence-corrected chi connectivity index (χ1v) is 7.18. The molecule has 1 atom stereocenters. The summed E-state index contributed by atoms with van der Waals surface area (Å²) in [5.74, 6) is 0.992. The predicted octanol–water partition coefficient (Wildman–Crippen LogP) is 2.40. The second-order valence-electron chi connectivity index (χ2n) is 4.88. The van der Waals surface area contributed by atoms with Gasteiger partial charge in [-0.25, -0.2) is 0 Å². The van der Waals surface area contributed by atoms with Crippen molar-refractivity contribution in [3.8, 4) is 5.75 Å². The molecule has 0 bridgehead atoms. The summed E-state index contributed by atoms with van der Waals surface area (Å²) in [5.41, 5.74) is 1.37. The molecule has 104 valence electrons. The number of ether oxygens (including phenoxy) is 1. The second kappa shape index (κ2) is 7.34. The molecule has 0 fully saturated rings. The Hall–Kier alpha value is -0.290. The van der Waals surface area contributed by atoms with E-state index >= 15 is 0 Å². The van der Waals surface area contributed by atoms with Crippen molar-refractivity contribution in [2.45, 2.75) is 45.3 Å². The summed E-state index contributed by atoms with van der Waals surface area (Å²) in [6.07, 6.45) is 3.14. The molecule has 0 saturated carbocycles. The lowest BCUT2D eigenvalue weighted by Crippen LogP contribution is -2.35. The molecule has 1 heterocycles. The maximum absolute atomic E-state index is 9.76. The Labute approximate surface area is 119 Å². The number of hydrogen-bond acceptors (Lipinski definition) is 4. The predicted molar refractivity (Wildman–Crippen MR) is 78.2 cm³/mol. The summed E-state index contributed by atoms with van der Waals surface area (Å²) >= 11 is 1.79. The zero-order valence-electron chi connectivity index (χ0n) is 10.9. The number of aliphatic hydroxyl groups is 1. The molecular formula is C13H22ClNO2S. The lowest BCUT2D eigenvalue weighted by molar-refractivity contribution is 0.104. The van der Waals surface area contributed by atoms with Crippen LogP contribution >= 0.6 is 23.7 Å². The van der Waals surface area contributed by atoms with E-state index in [9.17, 15) is 5.11 Å². The SMILES string of the molecule is CC(C)NCC(O)COc1csc2c1CCC2.Cl. The number of halogens is 1. The van der Waals surface area contributed by atoms with E-state index in [0.717, 1.165) is 12.2 Å². The van der Waals surface area contributed by atoms with Crippen LogP contribution in [0.15, 0.2) is 5.38 Å². The van der Waals surface area contributed by atoms with Gasteiger partial charge < -0.3 is 15.2 Å². The Morgan fingerprint density at radius 1 is 1.44 bits per heavy atom. The monoisotopic (exact) mass is 291 g/mol. The summed E-state index contributed by atoms with van der Waals surface area (Å²) in [5, 5.41) is 15.0. The maximum Gasteiger partial charge on any atom is 0.133 e. The van der Waals surface area contributed by atoms with E-state index in [1.54, 1.807) is 11.3 Å². The van der Waals surface area contributed by atoms with Crippen LogP contribution in [0.2, 0.25) is 0 Å². The Morgan fingerprint density at radius 2 is 2.22 bits per heavy atom. The molecular weight excluding hydrogens is 270 g/mol. The van der Waals surface area contributed by atoms with E-state index in [0.29, 0.717) is 19.2 Å². The Balaban J connectivity index is 0.00000162. The third-order valence-electron chi connectivity index (χ3n) is 2.97. The fourth-order valence-corrected chi connectivity index (χ4v) is 3.11. The second-order valence-corrected chi connectivity index (χ2v) is 5.85. The highest BCUT2D eigenvalue weighted by molar-refractivity contribution is 7.10. The molecule has 1 aliphatic carbocycles. The van der Waals surface area contributed by atoms with Gasteiger partial charge in [-0.15, -0.1) is 23.7 Å². The van der Waals surface area contributed by atoms with Gasteiger partial charge in [0.1, 0.15) is 18.5 Å². The van der Waals surface area contributed by atoms with Gasteiger partial charge in [-0.3, -0.25) is 0 Å². The summed E-state index contributed by atoms with van der Waals surface area (Å²) < 4.78 is 5.70. The molecule has 0 aliphatic heterocycles. The van der Waals surface area contributed by atoms with Gasteiger partial charge in [-0.2, -0.15) is 0 Å². The first kappa shape index (κ1) is 15.8. The average Bonchev–Trinajstić information content (AvgIpc) is 2.86. The van der Waals surface area contributed by atoms with Crippen LogP contribution in [0.4, 0.5) is 0 Å². The van der Waals surface area contributed by atoms with Crippen LogP contribution in [0.25, 0.3) is 0 Å². The molecule has 0 radical (unpaired) electrons. The minimum Gasteiger partial charge on any atom is -0.490 e. The van der Waals surface area contributed by atoms with Crippen molar-refractivity contribution >= 4 is 23.7 Å². The van der Waals surface area contributed by atoms with Gasteiger partial charge in [0.2, 0.25) is 0 Å². The van der Waals surface area contributed by atoms with Crippen molar-refractivity contribution in [1.82, 2.24) is 5.32 Å². The van der Waals surface area contributed by atoms with Gasteiger partial charge >= 0.3 is 0 Å². The molecule has 1 aliphatic rings. The van der Waals surface area contributed by atoms with Crippen LogP contribution in [0.1, 0.15) is 30.7 Å². The van der Waals surface area contributed by atoms with E-state index in [1.165, 1.54) is 23.3 Å². The Kier molecular flexibility index (Phi) is 6.43. The largest absolute Gasteiger partial charge is 0.490 e. The van der Waals surface area contributed by atoms with Crippen molar-refractivity contribution in [3.05, 3.63) is 15.8 Å². The first-order chi connectivity index (χ1) is 8.16. The van der Waals surface area contributed by atoms with E-state index < -0.39 is 6.10 Å². The van der Waals surface area contributed by atoms with Crippen LogP contribution in [0.5, 0.6) is 5.75 Å². The van der Waals surface area contributed by atoms with Crippen molar-refractivity contribution in [3.63, 3.8) is 0 Å². The maximum atomic E-state index is 9.76. The van der Waals surface area contributed by atoms with Gasteiger partial charge in [0, 0.05) is 28.4 Å². The van der Waals surface area contributed by atoms with E-state index in [4.69, 9.17) is 4.74 Å². The molecule has 2 N–H and O–H groups in total. The normalized spacial score (nSPS) is 15.3.